The summed E-state index contributed by atoms with van der Waals surface area (Å²) < 4.78 is 10.4. The highest BCUT2D eigenvalue weighted by atomic mass is 32.1. The van der Waals surface area contributed by atoms with Crippen molar-refractivity contribution in [1.82, 2.24) is 9.80 Å². The van der Waals surface area contributed by atoms with Crippen molar-refractivity contribution in [2.75, 3.05) is 40.5 Å². The van der Waals surface area contributed by atoms with Crippen molar-refractivity contribution in [3.05, 3.63) is 64.0 Å². The summed E-state index contributed by atoms with van der Waals surface area (Å²) >= 11 is 1.46. The van der Waals surface area contributed by atoms with E-state index >= 15 is 0 Å². The fraction of sp³-hybridized carbons (Fsp3) is 0.333. The molecule has 1 aliphatic heterocycles. The number of rotatable bonds is 10. The normalized spacial score (nSPS) is 14.3. The van der Waals surface area contributed by atoms with Gasteiger partial charge in [-0.25, -0.2) is 0 Å². The summed E-state index contributed by atoms with van der Waals surface area (Å²) in [6, 6.07) is 13.3. The first-order valence-electron chi connectivity index (χ1n) is 9.08. The maximum Gasteiger partial charge on any atom is 0.278 e. The van der Waals surface area contributed by atoms with E-state index in [1.165, 1.54) is 16.2 Å². The zero-order valence-electron chi connectivity index (χ0n) is 16.1. The second kappa shape index (κ2) is 9.64. The van der Waals surface area contributed by atoms with Gasteiger partial charge < -0.3 is 14.4 Å². The third-order valence-electron chi connectivity index (χ3n) is 4.54. The van der Waals surface area contributed by atoms with Gasteiger partial charge in [0.1, 0.15) is 5.70 Å². The van der Waals surface area contributed by atoms with Gasteiger partial charge in [0.15, 0.2) is 0 Å². The molecule has 0 unspecified atom stereocenters. The number of benzene rings is 1. The number of thiophene rings is 1. The molecule has 6 nitrogen and oxygen atoms in total. The minimum absolute atomic E-state index is 0.249. The monoisotopic (exact) mass is 400 g/mol. The van der Waals surface area contributed by atoms with E-state index in [2.05, 4.69) is 0 Å². The molecule has 28 heavy (non-hydrogen) atoms. The van der Waals surface area contributed by atoms with Gasteiger partial charge in [-0.2, -0.15) is 0 Å². The van der Waals surface area contributed by atoms with Gasteiger partial charge in [-0.3, -0.25) is 14.5 Å². The van der Waals surface area contributed by atoms with Crippen molar-refractivity contribution in [2.24, 2.45) is 0 Å². The second-order valence-electron chi connectivity index (χ2n) is 6.36. The molecule has 2 heterocycles. The number of nitrogens with zero attached hydrogens (tertiary/aromatic N) is 2. The summed E-state index contributed by atoms with van der Waals surface area (Å²) in [6.45, 7) is 2.15. The van der Waals surface area contributed by atoms with Crippen LogP contribution in [0.1, 0.15) is 10.4 Å². The number of hydrogen-bond donors (Lipinski definition) is 0. The van der Waals surface area contributed by atoms with Crippen LogP contribution in [-0.4, -0.2) is 62.1 Å². The topological polar surface area (TPSA) is 59.1 Å². The van der Waals surface area contributed by atoms with Crippen LogP contribution in [0.25, 0.3) is 5.57 Å². The number of carbonyl (C=O) groups is 2. The van der Waals surface area contributed by atoms with Crippen LogP contribution in [-0.2, 0) is 25.6 Å². The Kier molecular flexibility index (Phi) is 6.97. The summed E-state index contributed by atoms with van der Waals surface area (Å²) in [6.07, 6.45) is 0. The van der Waals surface area contributed by atoms with Crippen molar-refractivity contribution in [3.63, 3.8) is 0 Å². The van der Waals surface area contributed by atoms with Gasteiger partial charge in [0.25, 0.3) is 11.8 Å². The largest absolute Gasteiger partial charge is 0.383 e. The standard InChI is InChI=1S/C21H24N2O4S/c1-26-12-10-22(11-13-27-2)19-18(17-9-6-14-28-17)20(24)23(21(19)25)15-16-7-4-3-5-8-16/h3-9,14H,10-13,15H2,1-2H3. The molecule has 1 aliphatic rings. The van der Waals surface area contributed by atoms with Crippen molar-refractivity contribution >= 4 is 28.7 Å². The zero-order chi connectivity index (χ0) is 19.9. The Labute approximate surface area is 169 Å². The van der Waals surface area contributed by atoms with Crippen LogP contribution in [0.4, 0.5) is 0 Å². The predicted molar refractivity (Wildman–Crippen MR) is 109 cm³/mol. The molecule has 1 aromatic carbocycles. The number of hydrogen-bond acceptors (Lipinski definition) is 6. The van der Waals surface area contributed by atoms with Gasteiger partial charge in [-0.1, -0.05) is 36.4 Å². The molecule has 7 heteroatoms. The van der Waals surface area contributed by atoms with Gasteiger partial charge in [0.05, 0.1) is 25.3 Å². The second-order valence-corrected chi connectivity index (χ2v) is 7.30. The molecule has 0 radical (unpaired) electrons. The van der Waals surface area contributed by atoms with Crippen LogP contribution in [0.2, 0.25) is 0 Å². The molecule has 0 bridgehead atoms. The summed E-state index contributed by atoms with van der Waals surface area (Å²) in [5, 5.41) is 1.91. The van der Waals surface area contributed by atoms with Crippen LogP contribution >= 0.6 is 11.3 Å². The Morgan fingerprint density at radius 1 is 0.929 bits per heavy atom. The molecular weight excluding hydrogens is 376 g/mol. The first-order chi connectivity index (χ1) is 13.7. The third-order valence-corrected chi connectivity index (χ3v) is 5.43. The van der Waals surface area contributed by atoms with E-state index < -0.39 is 0 Å². The fourth-order valence-corrected chi connectivity index (χ4v) is 3.91. The molecule has 148 valence electrons. The van der Waals surface area contributed by atoms with Crippen LogP contribution in [0.5, 0.6) is 0 Å². The van der Waals surface area contributed by atoms with E-state index in [0.29, 0.717) is 37.6 Å². The first-order valence-corrected chi connectivity index (χ1v) is 9.96. The van der Waals surface area contributed by atoms with Gasteiger partial charge >= 0.3 is 0 Å². The highest BCUT2D eigenvalue weighted by Gasteiger charge is 2.41. The summed E-state index contributed by atoms with van der Waals surface area (Å²) in [4.78, 5) is 30.6. The predicted octanol–water partition coefficient (Wildman–Crippen LogP) is 2.62. The minimum atomic E-state index is -0.274. The van der Waals surface area contributed by atoms with E-state index in [0.717, 1.165) is 10.4 Å². The molecule has 0 N–H and O–H groups in total. The number of methoxy groups -OCH3 is 2. The van der Waals surface area contributed by atoms with Crippen molar-refractivity contribution in [3.8, 4) is 0 Å². The summed E-state index contributed by atoms with van der Waals surface area (Å²) in [5.74, 6) is -0.532. The van der Waals surface area contributed by atoms with Gasteiger partial charge in [0, 0.05) is 32.2 Å². The smallest absolute Gasteiger partial charge is 0.278 e. The first kappa shape index (κ1) is 20.3. The lowest BCUT2D eigenvalue weighted by Gasteiger charge is -2.25. The van der Waals surface area contributed by atoms with Gasteiger partial charge in [-0.15, -0.1) is 11.3 Å². The minimum Gasteiger partial charge on any atom is -0.383 e. The molecule has 0 aliphatic carbocycles. The van der Waals surface area contributed by atoms with Crippen LogP contribution < -0.4 is 0 Å². The molecule has 0 fully saturated rings. The van der Waals surface area contributed by atoms with E-state index in [1.54, 1.807) is 14.2 Å². The third kappa shape index (κ3) is 4.32. The Balaban J connectivity index is 1.98. The molecule has 1 aromatic heterocycles. The Bertz CT molecular complexity index is 825. The summed E-state index contributed by atoms with van der Waals surface area (Å²) in [5.41, 5.74) is 1.80. The molecule has 3 rings (SSSR count). The lowest BCUT2D eigenvalue weighted by Crippen LogP contribution is -2.37. The van der Waals surface area contributed by atoms with Crippen molar-refractivity contribution in [1.29, 1.82) is 0 Å². The SMILES string of the molecule is COCCN(CCOC)C1=C(c2cccs2)C(=O)N(Cc2ccccc2)C1=O. The van der Waals surface area contributed by atoms with Crippen LogP contribution in [0.15, 0.2) is 53.5 Å². The van der Waals surface area contributed by atoms with E-state index in [-0.39, 0.29) is 18.4 Å². The quantitative estimate of drug-likeness (QED) is 0.574. The average molecular weight is 401 g/mol. The maximum atomic E-state index is 13.3. The molecule has 0 saturated heterocycles. The van der Waals surface area contributed by atoms with Crippen molar-refractivity contribution in [2.45, 2.75) is 6.54 Å². The average Bonchev–Trinajstić information content (AvgIpc) is 3.32. The van der Waals surface area contributed by atoms with Crippen molar-refractivity contribution < 1.29 is 19.1 Å². The van der Waals surface area contributed by atoms with E-state index in [1.807, 2.05) is 52.7 Å². The Morgan fingerprint density at radius 3 is 2.18 bits per heavy atom. The van der Waals surface area contributed by atoms with Gasteiger partial charge in [-0.05, 0) is 17.0 Å². The highest BCUT2D eigenvalue weighted by molar-refractivity contribution is 7.11. The zero-order valence-corrected chi connectivity index (χ0v) is 16.9. The number of amides is 2. The molecule has 0 saturated carbocycles. The highest BCUT2D eigenvalue weighted by Crippen LogP contribution is 2.34. The van der Waals surface area contributed by atoms with Gasteiger partial charge in [0.2, 0.25) is 0 Å². The maximum absolute atomic E-state index is 13.3. The van der Waals surface area contributed by atoms with E-state index in [9.17, 15) is 9.59 Å². The molecular formula is C21H24N2O4S. The lowest BCUT2D eigenvalue weighted by molar-refractivity contribution is -0.138. The number of carbonyl (C=O) groups excluding carboxylic acids is 2. The summed E-state index contributed by atoms with van der Waals surface area (Å²) in [7, 11) is 3.23. The molecule has 2 aromatic rings. The molecule has 0 spiro atoms. The fourth-order valence-electron chi connectivity index (χ4n) is 3.15. The number of ether oxygens (including phenoxy) is 2. The Hall–Kier alpha value is -2.48. The lowest BCUT2D eigenvalue weighted by atomic mass is 10.1. The van der Waals surface area contributed by atoms with Crippen LogP contribution in [0, 0.1) is 0 Å². The van der Waals surface area contributed by atoms with Crippen LogP contribution in [0.3, 0.4) is 0 Å². The Morgan fingerprint density at radius 2 is 1.61 bits per heavy atom. The number of imide groups is 1. The molecule has 0 atom stereocenters. The van der Waals surface area contributed by atoms with E-state index in [4.69, 9.17) is 9.47 Å². The molecule has 2 amide bonds.